The lowest BCUT2D eigenvalue weighted by molar-refractivity contribution is 0.355. The first kappa shape index (κ1) is 15.8. The van der Waals surface area contributed by atoms with Gasteiger partial charge in [-0.05, 0) is 42.5 Å². The van der Waals surface area contributed by atoms with E-state index < -0.39 is 0 Å². The van der Waals surface area contributed by atoms with Gasteiger partial charge >= 0.3 is 0 Å². The van der Waals surface area contributed by atoms with E-state index in [9.17, 15) is 4.39 Å². The number of rotatable bonds is 6. The van der Waals surface area contributed by atoms with Crippen molar-refractivity contribution in [3.05, 3.63) is 54.2 Å². The van der Waals surface area contributed by atoms with Crippen molar-refractivity contribution >= 4 is 5.69 Å². The summed E-state index contributed by atoms with van der Waals surface area (Å²) in [5.41, 5.74) is 1.50. The van der Waals surface area contributed by atoms with E-state index in [0.717, 1.165) is 11.3 Å². The third-order valence-corrected chi connectivity index (χ3v) is 3.39. The van der Waals surface area contributed by atoms with Crippen LogP contribution in [0.3, 0.4) is 0 Å². The van der Waals surface area contributed by atoms with Crippen LogP contribution in [0.5, 0.6) is 11.5 Å². The summed E-state index contributed by atoms with van der Waals surface area (Å²) >= 11 is 0. The maximum absolute atomic E-state index is 12.9. The molecule has 0 saturated heterocycles. The molecule has 3 rings (SSSR count). The molecule has 7 heteroatoms. The molecule has 0 aliphatic heterocycles. The Balaban J connectivity index is 1.72. The van der Waals surface area contributed by atoms with Crippen LogP contribution < -0.4 is 14.8 Å². The lowest BCUT2D eigenvalue weighted by atomic mass is 10.2. The number of benzene rings is 2. The van der Waals surface area contributed by atoms with E-state index in [0.29, 0.717) is 29.8 Å². The minimum Gasteiger partial charge on any atom is -0.493 e. The quantitative estimate of drug-likeness (QED) is 0.746. The van der Waals surface area contributed by atoms with Crippen LogP contribution in [-0.2, 0) is 6.54 Å². The number of anilines is 1. The zero-order valence-corrected chi connectivity index (χ0v) is 13.2. The minimum absolute atomic E-state index is 0.283. The fourth-order valence-corrected chi connectivity index (χ4v) is 2.16. The summed E-state index contributed by atoms with van der Waals surface area (Å²) in [7, 11) is 3.14. The summed E-state index contributed by atoms with van der Waals surface area (Å²) in [6.07, 6.45) is 0. The Hall–Kier alpha value is -3.09. The molecule has 1 N–H and O–H groups in total. The van der Waals surface area contributed by atoms with Crippen LogP contribution in [0.15, 0.2) is 46.9 Å². The molecule has 3 aromatic rings. The van der Waals surface area contributed by atoms with Crippen LogP contribution >= 0.6 is 0 Å². The van der Waals surface area contributed by atoms with Crippen molar-refractivity contribution in [1.29, 1.82) is 0 Å². The fourth-order valence-electron chi connectivity index (χ4n) is 2.16. The molecule has 0 spiro atoms. The van der Waals surface area contributed by atoms with Crippen molar-refractivity contribution in [2.45, 2.75) is 6.54 Å². The smallest absolute Gasteiger partial charge is 0.247 e. The number of halogens is 1. The molecule has 0 fully saturated rings. The molecule has 124 valence electrons. The van der Waals surface area contributed by atoms with Crippen LogP contribution in [0, 0.1) is 5.82 Å². The summed E-state index contributed by atoms with van der Waals surface area (Å²) in [6.45, 7) is 0.339. The topological polar surface area (TPSA) is 69.4 Å². The Labute approximate surface area is 138 Å². The maximum Gasteiger partial charge on any atom is 0.247 e. The van der Waals surface area contributed by atoms with Crippen LogP contribution in [0.1, 0.15) is 5.89 Å². The molecule has 0 aliphatic carbocycles. The predicted molar refractivity (Wildman–Crippen MR) is 86.6 cm³/mol. The van der Waals surface area contributed by atoms with Gasteiger partial charge in [-0.25, -0.2) is 4.39 Å². The highest BCUT2D eigenvalue weighted by molar-refractivity contribution is 5.59. The fraction of sp³-hybridized carbons (Fsp3) is 0.176. The second-order valence-corrected chi connectivity index (χ2v) is 4.93. The molecule has 1 heterocycles. The summed E-state index contributed by atoms with van der Waals surface area (Å²) in [4.78, 5) is 0. The molecular formula is C17H16FN3O3. The predicted octanol–water partition coefficient (Wildman–Crippen LogP) is 3.51. The zero-order chi connectivity index (χ0) is 16.9. The van der Waals surface area contributed by atoms with Crippen molar-refractivity contribution < 1.29 is 18.3 Å². The molecular weight excluding hydrogens is 313 g/mol. The van der Waals surface area contributed by atoms with E-state index in [1.54, 1.807) is 38.5 Å². The number of nitrogens with one attached hydrogen (secondary N) is 1. The van der Waals surface area contributed by atoms with Crippen LogP contribution in [0.25, 0.3) is 11.5 Å². The molecule has 0 atom stereocenters. The largest absolute Gasteiger partial charge is 0.493 e. The Morgan fingerprint density at radius 1 is 1.00 bits per heavy atom. The lowest BCUT2D eigenvalue weighted by Gasteiger charge is -2.07. The van der Waals surface area contributed by atoms with Gasteiger partial charge in [0, 0.05) is 11.3 Å². The Kier molecular flexibility index (Phi) is 4.60. The number of hydrogen-bond donors (Lipinski definition) is 1. The van der Waals surface area contributed by atoms with Crippen molar-refractivity contribution in [3.63, 3.8) is 0 Å². The molecule has 0 aliphatic rings. The van der Waals surface area contributed by atoms with E-state index in [2.05, 4.69) is 15.5 Å². The van der Waals surface area contributed by atoms with Crippen molar-refractivity contribution in [2.24, 2.45) is 0 Å². The molecule has 24 heavy (non-hydrogen) atoms. The van der Waals surface area contributed by atoms with Gasteiger partial charge in [0.25, 0.3) is 0 Å². The second kappa shape index (κ2) is 6.99. The minimum atomic E-state index is -0.283. The number of aromatic nitrogens is 2. The highest BCUT2D eigenvalue weighted by Gasteiger charge is 2.12. The van der Waals surface area contributed by atoms with Crippen molar-refractivity contribution in [3.8, 4) is 23.0 Å². The first-order valence-electron chi connectivity index (χ1n) is 7.24. The van der Waals surface area contributed by atoms with E-state index in [1.165, 1.54) is 12.1 Å². The average molecular weight is 329 g/mol. The zero-order valence-electron chi connectivity index (χ0n) is 13.2. The third-order valence-electron chi connectivity index (χ3n) is 3.39. The maximum atomic E-state index is 12.9. The van der Waals surface area contributed by atoms with E-state index in [4.69, 9.17) is 13.9 Å². The first-order valence-corrected chi connectivity index (χ1v) is 7.24. The van der Waals surface area contributed by atoms with Crippen molar-refractivity contribution in [1.82, 2.24) is 10.2 Å². The molecule has 0 saturated carbocycles. The SMILES string of the molecule is COc1ccc(-c2nnc(CNc3ccc(F)cc3)o2)cc1OC. The summed E-state index contributed by atoms with van der Waals surface area (Å²) in [5, 5.41) is 11.1. The first-order chi connectivity index (χ1) is 11.7. The highest BCUT2D eigenvalue weighted by atomic mass is 19.1. The summed E-state index contributed by atoms with van der Waals surface area (Å²) in [5.74, 6) is 1.73. The number of hydrogen-bond acceptors (Lipinski definition) is 6. The highest BCUT2D eigenvalue weighted by Crippen LogP contribution is 2.31. The van der Waals surface area contributed by atoms with E-state index in [1.807, 2.05) is 6.07 Å². The van der Waals surface area contributed by atoms with Gasteiger partial charge in [-0.2, -0.15) is 0 Å². The second-order valence-electron chi connectivity index (χ2n) is 4.93. The Morgan fingerprint density at radius 2 is 1.75 bits per heavy atom. The monoisotopic (exact) mass is 329 g/mol. The molecule has 6 nitrogen and oxygen atoms in total. The molecule has 2 aromatic carbocycles. The normalized spacial score (nSPS) is 10.5. The molecule has 0 radical (unpaired) electrons. The van der Waals surface area contributed by atoms with Gasteiger partial charge in [-0.15, -0.1) is 10.2 Å². The standard InChI is InChI=1S/C17H16FN3O3/c1-22-14-8-3-11(9-15(14)23-2)17-21-20-16(24-17)10-19-13-6-4-12(18)5-7-13/h3-9,19H,10H2,1-2H3. The number of methoxy groups -OCH3 is 2. The molecule has 0 bridgehead atoms. The van der Waals surface area contributed by atoms with Crippen LogP contribution in [0.4, 0.5) is 10.1 Å². The van der Waals surface area contributed by atoms with Crippen molar-refractivity contribution in [2.75, 3.05) is 19.5 Å². The number of nitrogens with zero attached hydrogens (tertiary/aromatic N) is 2. The van der Waals surface area contributed by atoms with Gasteiger partial charge in [-0.1, -0.05) is 0 Å². The lowest BCUT2D eigenvalue weighted by Crippen LogP contribution is -1.99. The van der Waals surface area contributed by atoms with E-state index >= 15 is 0 Å². The summed E-state index contributed by atoms with van der Waals surface area (Å²) in [6, 6.07) is 11.4. The molecule has 1 aromatic heterocycles. The van der Waals surface area contributed by atoms with Gasteiger partial charge in [0.05, 0.1) is 20.8 Å². The van der Waals surface area contributed by atoms with Crippen LogP contribution in [0.2, 0.25) is 0 Å². The van der Waals surface area contributed by atoms with Gasteiger partial charge in [-0.3, -0.25) is 0 Å². The average Bonchev–Trinajstić information content (AvgIpc) is 3.09. The van der Waals surface area contributed by atoms with E-state index in [-0.39, 0.29) is 5.82 Å². The summed E-state index contributed by atoms with van der Waals surface area (Å²) < 4.78 is 29.0. The van der Waals surface area contributed by atoms with Crippen LogP contribution in [-0.4, -0.2) is 24.4 Å². The Morgan fingerprint density at radius 3 is 2.46 bits per heavy atom. The van der Waals surface area contributed by atoms with Gasteiger partial charge in [0.15, 0.2) is 11.5 Å². The number of ether oxygens (including phenoxy) is 2. The Bertz CT molecular complexity index is 818. The third kappa shape index (κ3) is 3.45. The van der Waals surface area contributed by atoms with Gasteiger partial charge < -0.3 is 19.2 Å². The van der Waals surface area contributed by atoms with Gasteiger partial charge in [0.1, 0.15) is 5.82 Å². The molecule has 0 unspecified atom stereocenters. The van der Waals surface area contributed by atoms with Gasteiger partial charge in [0.2, 0.25) is 11.8 Å². The molecule has 0 amide bonds.